The molecular weight excluding hydrogens is 327 g/mol. The molecule has 20 heavy (non-hydrogen) atoms. The highest BCUT2D eigenvalue weighted by atomic mass is 79.9. The highest BCUT2D eigenvalue weighted by molar-refractivity contribution is 9.10. The van der Waals surface area contributed by atoms with Crippen LogP contribution in [0.1, 0.15) is 0 Å². The average Bonchev–Trinajstić information content (AvgIpc) is 2.40. The molecule has 4 nitrogen and oxygen atoms in total. The van der Waals surface area contributed by atoms with Gasteiger partial charge in [0.1, 0.15) is 5.82 Å². The van der Waals surface area contributed by atoms with Crippen molar-refractivity contribution in [2.75, 3.05) is 0 Å². The van der Waals surface area contributed by atoms with Gasteiger partial charge in [-0.15, -0.1) is 0 Å². The maximum Gasteiger partial charge on any atom is 0.333 e. The van der Waals surface area contributed by atoms with Crippen molar-refractivity contribution in [1.29, 1.82) is 0 Å². The minimum atomic E-state index is -0.601. The Bertz CT molecular complexity index is 913. The quantitative estimate of drug-likeness (QED) is 0.743. The molecule has 0 amide bonds. The van der Waals surface area contributed by atoms with Crippen LogP contribution in [-0.4, -0.2) is 9.55 Å². The van der Waals surface area contributed by atoms with Crippen molar-refractivity contribution >= 4 is 26.8 Å². The second-order valence-corrected chi connectivity index (χ2v) is 5.15. The molecule has 0 spiro atoms. The number of fused-ring (bicyclic) bond motifs is 1. The van der Waals surface area contributed by atoms with E-state index in [0.29, 0.717) is 5.69 Å². The Morgan fingerprint density at radius 1 is 1.05 bits per heavy atom. The van der Waals surface area contributed by atoms with Crippen LogP contribution in [0.4, 0.5) is 4.39 Å². The van der Waals surface area contributed by atoms with E-state index in [1.807, 2.05) is 0 Å². The summed E-state index contributed by atoms with van der Waals surface area (Å²) >= 11 is 3.29. The molecule has 2 aromatic carbocycles. The molecule has 3 rings (SSSR count). The first-order valence-corrected chi connectivity index (χ1v) is 6.56. The second kappa shape index (κ2) is 4.72. The van der Waals surface area contributed by atoms with E-state index < -0.39 is 17.1 Å². The van der Waals surface area contributed by atoms with Crippen molar-refractivity contribution in [3.8, 4) is 5.69 Å². The average molecular weight is 335 g/mol. The number of halogens is 2. The number of aromatic nitrogens is 2. The van der Waals surface area contributed by atoms with Gasteiger partial charge in [-0.2, -0.15) is 0 Å². The predicted octanol–water partition coefficient (Wildman–Crippen LogP) is 2.58. The molecule has 0 aliphatic carbocycles. The molecule has 0 bridgehead atoms. The summed E-state index contributed by atoms with van der Waals surface area (Å²) in [6.45, 7) is 0. The van der Waals surface area contributed by atoms with Crippen LogP contribution in [0.15, 0.2) is 56.5 Å². The topological polar surface area (TPSA) is 54.9 Å². The first-order chi connectivity index (χ1) is 9.56. The van der Waals surface area contributed by atoms with Crippen molar-refractivity contribution < 1.29 is 4.39 Å². The normalized spacial score (nSPS) is 10.9. The highest BCUT2D eigenvalue weighted by Crippen LogP contribution is 2.13. The number of nitrogens with one attached hydrogen (secondary N) is 1. The van der Waals surface area contributed by atoms with Crippen molar-refractivity contribution in [1.82, 2.24) is 9.55 Å². The molecule has 0 fully saturated rings. The maximum absolute atomic E-state index is 13.1. The van der Waals surface area contributed by atoms with Gasteiger partial charge in [0, 0.05) is 4.47 Å². The monoisotopic (exact) mass is 334 g/mol. The van der Waals surface area contributed by atoms with Gasteiger partial charge in [-0.25, -0.2) is 13.8 Å². The lowest BCUT2D eigenvalue weighted by Gasteiger charge is -2.06. The van der Waals surface area contributed by atoms with Gasteiger partial charge < -0.3 is 4.98 Å². The molecule has 0 saturated heterocycles. The predicted molar refractivity (Wildman–Crippen MR) is 77.8 cm³/mol. The molecule has 100 valence electrons. The Morgan fingerprint density at radius 3 is 2.45 bits per heavy atom. The summed E-state index contributed by atoms with van der Waals surface area (Å²) in [7, 11) is 0. The van der Waals surface area contributed by atoms with Crippen LogP contribution in [0, 0.1) is 5.82 Å². The van der Waals surface area contributed by atoms with Crippen molar-refractivity contribution in [3.05, 3.63) is 73.6 Å². The van der Waals surface area contributed by atoms with E-state index in [1.165, 1.54) is 12.1 Å². The van der Waals surface area contributed by atoms with E-state index in [9.17, 15) is 14.0 Å². The number of H-pyrrole nitrogens is 1. The zero-order valence-corrected chi connectivity index (χ0v) is 11.6. The third-order valence-electron chi connectivity index (χ3n) is 2.94. The lowest BCUT2D eigenvalue weighted by Crippen LogP contribution is -2.33. The highest BCUT2D eigenvalue weighted by Gasteiger charge is 2.09. The number of hydrogen-bond acceptors (Lipinski definition) is 2. The van der Waals surface area contributed by atoms with Gasteiger partial charge in [-0.3, -0.25) is 4.79 Å². The van der Waals surface area contributed by atoms with E-state index in [4.69, 9.17) is 0 Å². The fourth-order valence-corrected chi connectivity index (χ4v) is 2.28. The zero-order valence-electron chi connectivity index (χ0n) is 10.1. The van der Waals surface area contributed by atoms with Crippen LogP contribution in [0.5, 0.6) is 0 Å². The summed E-state index contributed by atoms with van der Waals surface area (Å²) in [6, 6.07) is 10.4. The van der Waals surface area contributed by atoms with Crippen molar-refractivity contribution in [2.45, 2.75) is 0 Å². The Kier molecular flexibility index (Phi) is 3.02. The van der Waals surface area contributed by atoms with Crippen LogP contribution >= 0.6 is 15.9 Å². The molecule has 0 aliphatic heterocycles. The number of benzene rings is 2. The number of hydrogen-bond donors (Lipinski definition) is 1. The van der Waals surface area contributed by atoms with Crippen molar-refractivity contribution in [2.24, 2.45) is 0 Å². The van der Waals surface area contributed by atoms with Gasteiger partial charge in [0.25, 0.3) is 5.56 Å². The summed E-state index contributed by atoms with van der Waals surface area (Å²) in [4.78, 5) is 26.9. The largest absolute Gasteiger partial charge is 0.333 e. The van der Waals surface area contributed by atoms with E-state index in [0.717, 1.165) is 15.1 Å². The van der Waals surface area contributed by atoms with Crippen LogP contribution in [-0.2, 0) is 0 Å². The Hall–Kier alpha value is -2.21. The first-order valence-electron chi connectivity index (χ1n) is 5.77. The third-order valence-corrected chi connectivity index (χ3v) is 3.47. The SMILES string of the molecule is O=c1[nH]c2cc(F)ccc2c(=O)n1-c1ccc(Br)cc1. The second-order valence-electron chi connectivity index (χ2n) is 4.24. The van der Waals surface area contributed by atoms with E-state index >= 15 is 0 Å². The van der Waals surface area contributed by atoms with Crippen molar-refractivity contribution in [3.63, 3.8) is 0 Å². The summed E-state index contributed by atoms with van der Waals surface area (Å²) < 4.78 is 15.0. The summed E-state index contributed by atoms with van der Waals surface area (Å²) in [6.07, 6.45) is 0. The minimum Gasteiger partial charge on any atom is -0.306 e. The first kappa shape index (κ1) is 12.8. The fraction of sp³-hybridized carbons (Fsp3) is 0. The lowest BCUT2D eigenvalue weighted by molar-refractivity contribution is 0.629. The smallest absolute Gasteiger partial charge is 0.306 e. The van der Waals surface area contributed by atoms with Gasteiger partial charge in [-0.05, 0) is 42.5 Å². The Labute approximate surface area is 120 Å². The lowest BCUT2D eigenvalue weighted by atomic mass is 10.2. The maximum atomic E-state index is 13.1. The Balaban J connectivity index is 2.37. The zero-order chi connectivity index (χ0) is 14.3. The number of nitrogens with zero attached hydrogens (tertiary/aromatic N) is 1. The standard InChI is InChI=1S/C14H8BrFN2O2/c15-8-1-4-10(5-2-8)18-13(19)11-6-3-9(16)7-12(11)17-14(18)20/h1-7H,(H,17,20). The third kappa shape index (κ3) is 2.08. The Morgan fingerprint density at radius 2 is 1.75 bits per heavy atom. The summed E-state index contributed by atoms with van der Waals surface area (Å²) in [5.74, 6) is -0.506. The van der Waals surface area contributed by atoms with Gasteiger partial charge in [-0.1, -0.05) is 15.9 Å². The van der Waals surface area contributed by atoms with E-state index in [-0.39, 0.29) is 10.9 Å². The van der Waals surface area contributed by atoms with E-state index in [2.05, 4.69) is 20.9 Å². The van der Waals surface area contributed by atoms with Gasteiger partial charge >= 0.3 is 5.69 Å². The van der Waals surface area contributed by atoms with Crippen LogP contribution in [0.25, 0.3) is 16.6 Å². The van der Waals surface area contributed by atoms with Crippen LogP contribution in [0.2, 0.25) is 0 Å². The molecule has 3 aromatic rings. The molecule has 1 N–H and O–H groups in total. The van der Waals surface area contributed by atoms with Gasteiger partial charge in [0.05, 0.1) is 16.6 Å². The van der Waals surface area contributed by atoms with Gasteiger partial charge in [0.2, 0.25) is 0 Å². The number of aromatic amines is 1. The molecule has 0 atom stereocenters. The van der Waals surface area contributed by atoms with Crippen LogP contribution < -0.4 is 11.2 Å². The molecular formula is C14H8BrFN2O2. The molecule has 0 saturated carbocycles. The molecule has 6 heteroatoms. The molecule has 1 heterocycles. The molecule has 1 aromatic heterocycles. The van der Waals surface area contributed by atoms with Gasteiger partial charge in [0.15, 0.2) is 0 Å². The molecule has 0 unspecified atom stereocenters. The van der Waals surface area contributed by atoms with Crippen LogP contribution in [0.3, 0.4) is 0 Å². The summed E-state index contributed by atoms with van der Waals surface area (Å²) in [5, 5.41) is 0.258. The molecule has 0 radical (unpaired) electrons. The number of rotatable bonds is 1. The molecule has 0 aliphatic rings. The summed E-state index contributed by atoms with van der Waals surface area (Å²) in [5.41, 5.74) is -0.444. The minimum absolute atomic E-state index is 0.188. The fourth-order valence-electron chi connectivity index (χ4n) is 2.01. The van der Waals surface area contributed by atoms with E-state index in [1.54, 1.807) is 24.3 Å².